The van der Waals surface area contributed by atoms with Crippen LogP contribution in [0.4, 0.5) is 0 Å². The number of hydrazine groups is 1. The summed E-state index contributed by atoms with van der Waals surface area (Å²) in [4.78, 5) is 4.77. The molecule has 0 radical (unpaired) electrons. The second-order valence-corrected chi connectivity index (χ2v) is 7.78. The molecule has 0 bridgehead atoms. The van der Waals surface area contributed by atoms with Crippen molar-refractivity contribution in [2.24, 2.45) is 0 Å². The molecule has 1 unspecified atom stereocenters. The number of hydrogen-bond acceptors (Lipinski definition) is 5. The number of rotatable bonds is 5. The second-order valence-electron chi connectivity index (χ2n) is 7.78. The van der Waals surface area contributed by atoms with Crippen LogP contribution in [-0.4, -0.2) is 41.8 Å². The Labute approximate surface area is 150 Å². The van der Waals surface area contributed by atoms with Crippen molar-refractivity contribution in [1.29, 1.82) is 0 Å². The van der Waals surface area contributed by atoms with Gasteiger partial charge in [-0.25, -0.2) is 5.43 Å². The number of pyridine rings is 1. The van der Waals surface area contributed by atoms with Gasteiger partial charge >= 0.3 is 0 Å². The van der Waals surface area contributed by atoms with Crippen LogP contribution in [0.1, 0.15) is 50.6 Å². The minimum absolute atomic E-state index is 0.102. The van der Waals surface area contributed by atoms with Crippen molar-refractivity contribution in [3.8, 4) is 0 Å². The van der Waals surface area contributed by atoms with E-state index in [4.69, 9.17) is 9.72 Å². The van der Waals surface area contributed by atoms with Crippen LogP contribution in [0, 0.1) is 0 Å². The highest BCUT2D eigenvalue weighted by molar-refractivity contribution is 5.20. The third-order valence-corrected chi connectivity index (χ3v) is 6.16. The van der Waals surface area contributed by atoms with E-state index in [0.29, 0.717) is 0 Å². The van der Waals surface area contributed by atoms with E-state index >= 15 is 0 Å². The summed E-state index contributed by atoms with van der Waals surface area (Å²) in [5, 5.41) is 5.42. The minimum atomic E-state index is 0.102. The first-order valence-corrected chi connectivity index (χ1v) is 9.76. The van der Waals surface area contributed by atoms with Crippen LogP contribution in [0.15, 0.2) is 36.8 Å². The van der Waals surface area contributed by atoms with E-state index in [0.717, 1.165) is 45.5 Å². The topological polar surface area (TPSA) is 49.4 Å². The summed E-state index contributed by atoms with van der Waals surface area (Å²) in [5.41, 5.74) is 5.07. The maximum atomic E-state index is 6.32. The smallest absolute Gasteiger partial charge is 0.0691 e. The quantitative estimate of drug-likeness (QED) is 0.862. The number of nitrogens with zero attached hydrogens (tertiary/aromatic N) is 2. The van der Waals surface area contributed by atoms with Crippen molar-refractivity contribution in [1.82, 2.24) is 20.7 Å². The molecule has 1 saturated carbocycles. The summed E-state index contributed by atoms with van der Waals surface area (Å²) in [6.45, 7) is 3.83. The molecule has 1 aromatic rings. The number of ether oxygens (including phenoxy) is 1. The van der Waals surface area contributed by atoms with Gasteiger partial charge in [0, 0.05) is 49.4 Å². The van der Waals surface area contributed by atoms with Crippen LogP contribution in [0.25, 0.3) is 0 Å². The van der Waals surface area contributed by atoms with Gasteiger partial charge < -0.3 is 15.1 Å². The third-order valence-electron chi connectivity index (χ3n) is 6.16. The average Bonchev–Trinajstić information content (AvgIpc) is 3.11. The molecule has 2 aliphatic heterocycles. The molecule has 5 heteroatoms. The van der Waals surface area contributed by atoms with E-state index in [-0.39, 0.29) is 11.0 Å². The van der Waals surface area contributed by atoms with Crippen molar-refractivity contribution in [2.75, 3.05) is 26.2 Å². The molecular formula is C20H30N4O. The molecule has 1 spiro atoms. The molecule has 3 heterocycles. The summed E-state index contributed by atoms with van der Waals surface area (Å²) >= 11 is 0. The molecule has 4 rings (SSSR count). The van der Waals surface area contributed by atoms with Crippen molar-refractivity contribution in [3.63, 3.8) is 0 Å². The average molecular weight is 342 g/mol. The number of aromatic nitrogens is 1. The van der Waals surface area contributed by atoms with Crippen LogP contribution in [0.3, 0.4) is 0 Å². The summed E-state index contributed by atoms with van der Waals surface area (Å²) in [6.07, 6.45) is 14.4. The Hall–Kier alpha value is -1.59. The molecule has 136 valence electrons. The fraction of sp³-hybridized carbons (Fsp3) is 0.650. The molecular weight excluding hydrogens is 312 g/mol. The van der Waals surface area contributed by atoms with Crippen molar-refractivity contribution < 1.29 is 4.74 Å². The van der Waals surface area contributed by atoms with Crippen LogP contribution in [0.5, 0.6) is 0 Å². The zero-order chi connectivity index (χ0) is 17.0. The normalized spacial score (nSPS) is 28.2. The van der Waals surface area contributed by atoms with Crippen molar-refractivity contribution in [2.45, 2.75) is 56.0 Å². The van der Waals surface area contributed by atoms with Gasteiger partial charge in [-0.15, -0.1) is 0 Å². The van der Waals surface area contributed by atoms with Crippen molar-refractivity contribution in [3.05, 3.63) is 42.5 Å². The SMILES string of the molecule is C1=CN(NCCC2(c3ccccn3)CCOC3(CCCC3)C2)CCN1. The van der Waals surface area contributed by atoms with Gasteiger partial charge in [0.05, 0.1) is 12.1 Å². The molecule has 1 saturated heterocycles. The highest BCUT2D eigenvalue weighted by Gasteiger charge is 2.48. The monoisotopic (exact) mass is 342 g/mol. The van der Waals surface area contributed by atoms with Gasteiger partial charge in [-0.1, -0.05) is 18.9 Å². The zero-order valence-corrected chi connectivity index (χ0v) is 15.0. The highest BCUT2D eigenvalue weighted by atomic mass is 16.5. The first-order chi connectivity index (χ1) is 12.3. The Kier molecular flexibility index (Phi) is 4.95. The molecule has 1 atom stereocenters. The van der Waals surface area contributed by atoms with E-state index in [1.54, 1.807) is 0 Å². The summed E-state index contributed by atoms with van der Waals surface area (Å²) < 4.78 is 6.32. The Morgan fingerprint density at radius 2 is 2.16 bits per heavy atom. The minimum Gasteiger partial charge on any atom is -0.388 e. The molecule has 1 aliphatic carbocycles. The molecule has 2 fully saturated rings. The lowest BCUT2D eigenvalue weighted by Crippen LogP contribution is -2.49. The summed E-state index contributed by atoms with van der Waals surface area (Å²) in [5.74, 6) is 0. The van der Waals surface area contributed by atoms with E-state index in [9.17, 15) is 0 Å². The van der Waals surface area contributed by atoms with E-state index in [1.807, 2.05) is 18.5 Å². The van der Waals surface area contributed by atoms with Crippen LogP contribution in [0.2, 0.25) is 0 Å². The lowest BCUT2D eigenvalue weighted by atomic mass is 9.68. The summed E-state index contributed by atoms with van der Waals surface area (Å²) in [7, 11) is 0. The Morgan fingerprint density at radius 1 is 1.24 bits per heavy atom. The van der Waals surface area contributed by atoms with Crippen LogP contribution >= 0.6 is 0 Å². The van der Waals surface area contributed by atoms with Gasteiger partial charge in [0.2, 0.25) is 0 Å². The molecule has 5 nitrogen and oxygen atoms in total. The molecule has 25 heavy (non-hydrogen) atoms. The third kappa shape index (κ3) is 3.67. The summed E-state index contributed by atoms with van der Waals surface area (Å²) in [6, 6.07) is 6.37. The highest BCUT2D eigenvalue weighted by Crippen LogP contribution is 2.49. The molecule has 2 N–H and O–H groups in total. The van der Waals surface area contributed by atoms with E-state index < -0.39 is 0 Å². The number of nitrogens with one attached hydrogen (secondary N) is 2. The number of hydrogen-bond donors (Lipinski definition) is 2. The predicted molar refractivity (Wildman–Crippen MR) is 98.8 cm³/mol. The maximum Gasteiger partial charge on any atom is 0.0691 e. The molecule has 3 aliphatic rings. The molecule has 1 aromatic heterocycles. The largest absolute Gasteiger partial charge is 0.388 e. The molecule has 0 amide bonds. The van der Waals surface area contributed by atoms with E-state index in [1.165, 1.54) is 31.4 Å². The first kappa shape index (κ1) is 16.9. The Balaban J connectivity index is 1.50. The fourth-order valence-corrected chi connectivity index (χ4v) is 4.85. The Bertz CT molecular complexity index is 585. The van der Waals surface area contributed by atoms with Gasteiger partial charge in [-0.3, -0.25) is 4.98 Å². The van der Waals surface area contributed by atoms with Gasteiger partial charge in [0.25, 0.3) is 0 Å². The lowest BCUT2D eigenvalue weighted by molar-refractivity contribution is -0.104. The van der Waals surface area contributed by atoms with Gasteiger partial charge in [0.15, 0.2) is 0 Å². The fourth-order valence-electron chi connectivity index (χ4n) is 4.85. The van der Waals surface area contributed by atoms with Gasteiger partial charge in [-0.05, 0) is 44.2 Å². The first-order valence-electron chi connectivity index (χ1n) is 9.76. The van der Waals surface area contributed by atoms with Gasteiger partial charge in [0.1, 0.15) is 0 Å². The molecule has 0 aromatic carbocycles. The zero-order valence-electron chi connectivity index (χ0n) is 15.0. The van der Waals surface area contributed by atoms with Crippen LogP contribution in [-0.2, 0) is 10.2 Å². The maximum absolute atomic E-state index is 6.32. The van der Waals surface area contributed by atoms with Crippen molar-refractivity contribution >= 4 is 0 Å². The lowest BCUT2D eigenvalue weighted by Gasteiger charge is -2.46. The standard InChI is InChI=1S/C20H30N4O/c1-4-10-22-18(5-1)19(8-11-23-24-14-12-21-13-15-24)9-16-25-20(17-19)6-2-3-7-20/h1,4-5,10,12,14,21,23H,2-3,6-9,11,13,15-17H2. The Morgan fingerprint density at radius 3 is 2.92 bits per heavy atom. The van der Waals surface area contributed by atoms with Crippen LogP contribution < -0.4 is 10.7 Å². The predicted octanol–water partition coefficient (Wildman–Crippen LogP) is 2.71. The van der Waals surface area contributed by atoms with Gasteiger partial charge in [-0.2, -0.15) is 0 Å². The second kappa shape index (κ2) is 7.34. The van der Waals surface area contributed by atoms with E-state index in [2.05, 4.69) is 34.1 Å².